The number of nitrogens with zero attached hydrogens (tertiary/aromatic N) is 3. The zero-order chi connectivity index (χ0) is 21.6. The van der Waals surface area contributed by atoms with E-state index in [1.54, 1.807) is 0 Å². The van der Waals surface area contributed by atoms with Crippen LogP contribution in [-0.2, 0) is 21.3 Å². The normalized spacial score (nSPS) is 14.3. The number of hydrogen-bond donors (Lipinski definition) is 1. The number of halogens is 2. The van der Waals surface area contributed by atoms with Gasteiger partial charge in [-0.05, 0) is 36.4 Å². The lowest BCUT2D eigenvalue weighted by Crippen LogP contribution is -2.18. The fraction of sp³-hybridized carbons (Fsp3) is 0.111. The van der Waals surface area contributed by atoms with E-state index in [0.29, 0.717) is 5.69 Å². The Kier molecular flexibility index (Phi) is 4.79. The Morgan fingerprint density at radius 1 is 1.20 bits per heavy atom. The predicted octanol–water partition coefficient (Wildman–Crippen LogP) is 3.25. The summed E-state index contributed by atoms with van der Waals surface area (Å²) in [5.41, 5.74) is 0.134. The number of hydrogen-bond acceptors (Lipinski definition) is 6. The van der Waals surface area contributed by atoms with E-state index < -0.39 is 32.2 Å². The maximum atomic E-state index is 13.3. The summed E-state index contributed by atoms with van der Waals surface area (Å²) in [4.78, 5) is 23.4. The number of anilines is 1. The molecule has 2 heterocycles. The number of carbonyl (C=O) groups excluding carboxylic acids is 1. The average Bonchev–Trinajstić information content (AvgIpc) is 3.14. The van der Waals surface area contributed by atoms with Crippen LogP contribution in [0.4, 0.5) is 15.9 Å². The molecule has 30 heavy (non-hydrogen) atoms. The molecule has 1 aliphatic heterocycles. The number of nitro groups is 1. The van der Waals surface area contributed by atoms with Crippen molar-refractivity contribution in [2.75, 3.05) is 5.32 Å². The topological polar surface area (TPSA) is 124 Å². The third-order valence-electron chi connectivity index (χ3n) is 4.49. The van der Waals surface area contributed by atoms with E-state index in [-0.39, 0.29) is 39.2 Å². The van der Waals surface area contributed by atoms with Crippen molar-refractivity contribution in [1.82, 2.24) is 9.78 Å². The third kappa shape index (κ3) is 3.64. The number of nitrogens with one attached hydrogen (secondary N) is 1. The van der Waals surface area contributed by atoms with E-state index in [4.69, 9.17) is 11.6 Å². The lowest BCUT2D eigenvalue weighted by atomic mass is 10.1. The van der Waals surface area contributed by atoms with Crippen molar-refractivity contribution in [3.8, 4) is 5.69 Å². The Morgan fingerprint density at radius 2 is 1.90 bits per heavy atom. The summed E-state index contributed by atoms with van der Waals surface area (Å²) >= 11 is 5.89. The van der Waals surface area contributed by atoms with Gasteiger partial charge in [0.2, 0.25) is 0 Å². The second-order valence-corrected chi connectivity index (χ2v) is 9.07. The van der Waals surface area contributed by atoms with Crippen LogP contribution in [0, 0.1) is 15.9 Å². The van der Waals surface area contributed by atoms with Crippen molar-refractivity contribution in [2.24, 2.45) is 0 Å². The van der Waals surface area contributed by atoms with Gasteiger partial charge in [0.15, 0.2) is 9.84 Å². The summed E-state index contributed by atoms with van der Waals surface area (Å²) in [6, 6.07) is 8.71. The highest BCUT2D eigenvalue weighted by Gasteiger charge is 2.34. The van der Waals surface area contributed by atoms with Gasteiger partial charge in [0.05, 0.1) is 27.8 Å². The SMILES string of the molecule is O=C(Nc1c2c(nn1-c1ccc(F)cc1)CS(=O)(=O)C2)c1cc(Cl)ccc1[N+](=O)[O-]. The Balaban J connectivity index is 1.81. The molecule has 0 bridgehead atoms. The number of sulfone groups is 1. The van der Waals surface area contributed by atoms with Crippen molar-refractivity contribution in [1.29, 1.82) is 0 Å². The molecular formula is C18H12ClFN4O5S. The molecular weight excluding hydrogens is 439 g/mol. The van der Waals surface area contributed by atoms with E-state index in [1.165, 1.54) is 35.0 Å². The zero-order valence-electron chi connectivity index (χ0n) is 15.0. The Labute approximate surface area is 174 Å². The summed E-state index contributed by atoms with van der Waals surface area (Å²) in [6.45, 7) is 0. The third-order valence-corrected chi connectivity index (χ3v) is 6.17. The number of rotatable bonds is 4. The highest BCUT2D eigenvalue weighted by Crippen LogP contribution is 2.34. The maximum absolute atomic E-state index is 13.3. The van der Waals surface area contributed by atoms with Gasteiger partial charge in [-0.3, -0.25) is 14.9 Å². The Hall–Kier alpha value is -3.31. The minimum Gasteiger partial charge on any atom is -0.306 e. The predicted molar refractivity (Wildman–Crippen MR) is 106 cm³/mol. The van der Waals surface area contributed by atoms with Crippen molar-refractivity contribution >= 4 is 38.9 Å². The van der Waals surface area contributed by atoms with E-state index in [0.717, 1.165) is 12.1 Å². The molecule has 0 spiro atoms. The van der Waals surface area contributed by atoms with Gasteiger partial charge in [0.1, 0.15) is 17.2 Å². The number of aromatic nitrogens is 2. The second-order valence-electron chi connectivity index (χ2n) is 6.57. The molecule has 0 radical (unpaired) electrons. The molecule has 0 aliphatic carbocycles. The highest BCUT2D eigenvalue weighted by atomic mass is 35.5. The van der Waals surface area contributed by atoms with E-state index in [1.807, 2.05) is 0 Å². The summed E-state index contributed by atoms with van der Waals surface area (Å²) in [7, 11) is -3.44. The van der Waals surface area contributed by atoms with E-state index >= 15 is 0 Å². The second kappa shape index (κ2) is 7.18. The number of benzene rings is 2. The molecule has 0 atom stereocenters. The van der Waals surface area contributed by atoms with Crippen LogP contribution in [0.2, 0.25) is 5.02 Å². The number of nitro benzene ring substituents is 1. The molecule has 154 valence electrons. The highest BCUT2D eigenvalue weighted by molar-refractivity contribution is 7.90. The van der Waals surface area contributed by atoms with Crippen molar-refractivity contribution in [3.05, 3.63) is 80.2 Å². The van der Waals surface area contributed by atoms with Crippen molar-refractivity contribution in [2.45, 2.75) is 11.5 Å². The number of amides is 1. The quantitative estimate of drug-likeness (QED) is 0.480. The maximum Gasteiger partial charge on any atom is 0.282 e. The molecule has 12 heteroatoms. The number of carbonyl (C=O) groups is 1. The van der Waals surface area contributed by atoms with Gasteiger partial charge < -0.3 is 5.32 Å². The van der Waals surface area contributed by atoms with Crippen molar-refractivity contribution < 1.29 is 22.5 Å². The smallest absolute Gasteiger partial charge is 0.282 e. The van der Waals surface area contributed by atoms with Crippen LogP contribution < -0.4 is 5.32 Å². The largest absolute Gasteiger partial charge is 0.306 e. The molecule has 0 saturated heterocycles. The van der Waals surface area contributed by atoms with Crippen LogP contribution in [-0.4, -0.2) is 29.0 Å². The van der Waals surface area contributed by atoms with Crippen LogP contribution in [0.25, 0.3) is 5.69 Å². The van der Waals surface area contributed by atoms with Gasteiger partial charge in [-0.15, -0.1) is 0 Å². The molecule has 0 fully saturated rings. The van der Waals surface area contributed by atoms with Gasteiger partial charge in [-0.25, -0.2) is 17.5 Å². The summed E-state index contributed by atoms with van der Waals surface area (Å²) in [5.74, 6) is -1.97. The first-order valence-electron chi connectivity index (χ1n) is 8.47. The Morgan fingerprint density at radius 3 is 2.57 bits per heavy atom. The van der Waals surface area contributed by atoms with Crippen molar-refractivity contribution in [3.63, 3.8) is 0 Å². The molecule has 0 unspecified atom stereocenters. The average molecular weight is 451 g/mol. The van der Waals surface area contributed by atoms with Crippen LogP contribution >= 0.6 is 11.6 Å². The molecule has 2 aromatic carbocycles. The summed E-state index contributed by atoms with van der Waals surface area (Å²) in [5, 5.41) is 18.2. The lowest BCUT2D eigenvalue weighted by molar-refractivity contribution is -0.385. The van der Waals surface area contributed by atoms with Gasteiger partial charge >= 0.3 is 0 Å². The minimum absolute atomic E-state index is 0.0388. The molecule has 9 nitrogen and oxygen atoms in total. The molecule has 1 aliphatic rings. The van der Waals surface area contributed by atoms with Gasteiger partial charge in [-0.1, -0.05) is 11.6 Å². The number of fused-ring (bicyclic) bond motifs is 1. The molecule has 1 N–H and O–H groups in total. The summed E-state index contributed by atoms with van der Waals surface area (Å²) < 4.78 is 38.6. The molecule has 1 amide bonds. The first-order chi connectivity index (χ1) is 14.1. The summed E-state index contributed by atoms with van der Waals surface area (Å²) in [6.07, 6.45) is 0. The van der Waals surface area contributed by atoms with Gasteiger partial charge in [0.25, 0.3) is 11.6 Å². The fourth-order valence-corrected chi connectivity index (χ4v) is 4.83. The minimum atomic E-state index is -3.44. The first kappa shape index (κ1) is 20.0. The van der Waals surface area contributed by atoms with Crippen LogP contribution in [0.1, 0.15) is 21.6 Å². The van der Waals surface area contributed by atoms with Crippen LogP contribution in [0.5, 0.6) is 0 Å². The van der Waals surface area contributed by atoms with Crippen LogP contribution in [0.3, 0.4) is 0 Å². The zero-order valence-corrected chi connectivity index (χ0v) is 16.6. The molecule has 4 rings (SSSR count). The van der Waals surface area contributed by atoms with Crippen LogP contribution in [0.15, 0.2) is 42.5 Å². The Bertz CT molecular complexity index is 1300. The van der Waals surface area contributed by atoms with E-state index in [2.05, 4.69) is 10.4 Å². The lowest BCUT2D eigenvalue weighted by Gasteiger charge is -2.11. The van der Waals surface area contributed by atoms with E-state index in [9.17, 15) is 27.7 Å². The standard InChI is InChI=1S/C18H12ClFN4O5S/c19-10-1-6-16(24(26)27)13(7-10)18(25)21-17-14-8-30(28,29)9-15(14)22-23(17)12-4-2-11(20)3-5-12/h1-7H,8-9H2,(H,21,25). The van der Waals surface area contributed by atoms with Gasteiger partial charge in [0, 0.05) is 16.7 Å². The molecule has 0 saturated carbocycles. The van der Waals surface area contributed by atoms with Gasteiger partial charge in [-0.2, -0.15) is 5.10 Å². The molecule has 1 aromatic heterocycles. The molecule has 3 aromatic rings. The fourth-order valence-electron chi connectivity index (χ4n) is 3.16. The first-order valence-corrected chi connectivity index (χ1v) is 10.7. The monoisotopic (exact) mass is 450 g/mol.